The molecule has 1 heterocycles. The minimum absolute atomic E-state index is 0.241. The number of hydrogen-bond donors (Lipinski definition) is 2. The van der Waals surface area contributed by atoms with Gasteiger partial charge in [-0.05, 0) is 18.2 Å². The van der Waals surface area contributed by atoms with Gasteiger partial charge in [0.05, 0.1) is 0 Å². The van der Waals surface area contributed by atoms with E-state index in [-0.39, 0.29) is 5.91 Å². The van der Waals surface area contributed by atoms with Crippen molar-refractivity contribution >= 4 is 11.6 Å². The molecule has 0 fully saturated rings. The first-order chi connectivity index (χ1) is 7.79. The monoisotopic (exact) mass is 214 g/mol. The Morgan fingerprint density at radius 3 is 3.06 bits per heavy atom. The molecule has 80 valence electrons. The van der Waals surface area contributed by atoms with E-state index in [4.69, 9.17) is 0 Å². The van der Waals surface area contributed by atoms with E-state index >= 15 is 0 Å². The molecule has 0 aliphatic rings. The first-order valence-corrected chi connectivity index (χ1v) is 4.69. The Morgan fingerprint density at radius 2 is 2.38 bits per heavy atom. The van der Waals surface area contributed by atoms with Crippen molar-refractivity contribution in [3.05, 3.63) is 43.2 Å². The summed E-state index contributed by atoms with van der Waals surface area (Å²) in [6.45, 7) is 3.39. The van der Waals surface area contributed by atoms with Gasteiger partial charge in [0.15, 0.2) is 5.82 Å². The molecule has 1 aromatic carbocycles. The SMILES string of the molecule is C=CC(=O)Nc1cccc(-c2ncn[nH]2)c1. The number of hydrogen-bond acceptors (Lipinski definition) is 3. The predicted molar refractivity (Wildman–Crippen MR) is 60.6 cm³/mol. The van der Waals surface area contributed by atoms with E-state index in [2.05, 4.69) is 27.1 Å². The van der Waals surface area contributed by atoms with Crippen LogP contribution in [0.5, 0.6) is 0 Å². The maximum atomic E-state index is 11.1. The third-order valence-corrected chi connectivity index (χ3v) is 2.00. The third kappa shape index (κ3) is 2.14. The number of carbonyl (C=O) groups is 1. The van der Waals surface area contributed by atoms with Crippen LogP contribution in [0.15, 0.2) is 43.2 Å². The zero-order chi connectivity index (χ0) is 11.4. The normalized spacial score (nSPS) is 9.75. The van der Waals surface area contributed by atoms with E-state index in [0.29, 0.717) is 11.5 Å². The number of benzene rings is 1. The molecule has 0 atom stereocenters. The average molecular weight is 214 g/mol. The van der Waals surface area contributed by atoms with Gasteiger partial charge in [0.1, 0.15) is 6.33 Å². The molecule has 16 heavy (non-hydrogen) atoms. The molecule has 5 nitrogen and oxygen atoms in total. The van der Waals surface area contributed by atoms with Crippen LogP contribution in [-0.4, -0.2) is 21.1 Å². The fourth-order valence-corrected chi connectivity index (χ4v) is 1.28. The van der Waals surface area contributed by atoms with E-state index in [1.54, 1.807) is 6.07 Å². The molecule has 2 rings (SSSR count). The van der Waals surface area contributed by atoms with Gasteiger partial charge in [-0.2, -0.15) is 5.10 Å². The van der Waals surface area contributed by atoms with Crippen molar-refractivity contribution in [2.75, 3.05) is 5.32 Å². The lowest BCUT2D eigenvalue weighted by Gasteiger charge is -2.03. The number of H-pyrrole nitrogens is 1. The summed E-state index contributed by atoms with van der Waals surface area (Å²) in [7, 11) is 0. The number of nitrogens with zero attached hydrogens (tertiary/aromatic N) is 2. The Bertz CT molecular complexity index is 504. The smallest absolute Gasteiger partial charge is 0.247 e. The van der Waals surface area contributed by atoms with Gasteiger partial charge in [-0.25, -0.2) is 4.98 Å². The highest BCUT2D eigenvalue weighted by atomic mass is 16.1. The molecule has 0 unspecified atom stereocenters. The van der Waals surface area contributed by atoms with Crippen molar-refractivity contribution in [3.8, 4) is 11.4 Å². The summed E-state index contributed by atoms with van der Waals surface area (Å²) < 4.78 is 0. The highest BCUT2D eigenvalue weighted by molar-refractivity contribution is 5.99. The second kappa shape index (κ2) is 4.39. The van der Waals surface area contributed by atoms with E-state index in [0.717, 1.165) is 5.56 Å². The summed E-state index contributed by atoms with van der Waals surface area (Å²) in [5.74, 6) is 0.421. The van der Waals surface area contributed by atoms with Gasteiger partial charge in [-0.3, -0.25) is 9.89 Å². The van der Waals surface area contributed by atoms with Crippen LogP contribution < -0.4 is 5.32 Å². The lowest BCUT2D eigenvalue weighted by molar-refractivity contribution is -0.111. The number of aromatic amines is 1. The molecule has 0 aliphatic carbocycles. The Balaban J connectivity index is 2.26. The van der Waals surface area contributed by atoms with Crippen LogP contribution >= 0.6 is 0 Å². The highest BCUT2D eigenvalue weighted by Gasteiger charge is 2.02. The molecule has 0 bridgehead atoms. The molecule has 2 aromatic rings. The van der Waals surface area contributed by atoms with Gasteiger partial charge < -0.3 is 5.32 Å². The first-order valence-electron chi connectivity index (χ1n) is 4.69. The maximum Gasteiger partial charge on any atom is 0.247 e. The van der Waals surface area contributed by atoms with E-state index < -0.39 is 0 Å². The average Bonchev–Trinajstić information content (AvgIpc) is 2.83. The minimum atomic E-state index is -0.241. The molecule has 1 amide bonds. The van der Waals surface area contributed by atoms with Gasteiger partial charge >= 0.3 is 0 Å². The Hall–Kier alpha value is -2.43. The Morgan fingerprint density at radius 1 is 1.50 bits per heavy atom. The van der Waals surface area contributed by atoms with Gasteiger partial charge in [-0.15, -0.1) is 0 Å². The molecule has 2 N–H and O–H groups in total. The third-order valence-electron chi connectivity index (χ3n) is 2.00. The molecule has 0 radical (unpaired) electrons. The zero-order valence-electron chi connectivity index (χ0n) is 8.47. The fraction of sp³-hybridized carbons (Fsp3) is 0. The predicted octanol–water partition coefficient (Wildman–Crippen LogP) is 1.60. The molecule has 1 aromatic heterocycles. The van der Waals surface area contributed by atoms with E-state index in [1.807, 2.05) is 18.2 Å². The largest absolute Gasteiger partial charge is 0.323 e. The van der Waals surface area contributed by atoms with Crippen molar-refractivity contribution < 1.29 is 4.79 Å². The molecule has 0 spiro atoms. The molecule has 5 heteroatoms. The number of aromatic nitrogens is 3. The van der Waals surface area contributed by atoms with E-state index in [9.17, 15) is 4.79 Å². The van der Waals surface area contributed by atoms with Crippen LogP contribution in [0.1, 0.15) is 0 Å². The van der Waals surface area contributed by atoms with Gasteiger partial charge in [0.2, 0.25) is 5.91 Å². The summed E-state index contributed by atoms with van der Waals surface area (Å²) >= 11 is 0. The van der Waals surface area contributed by atoms with Crippen molar-refractivity contribution in [1.29, 1.82) is 0 Å². The topological polar surface area (TPSA) is 70.7 Å². The van der Waals surface area contributed by atoms with Crippen molar-refractivity contribution in [3.63, 3.8) is 0 Å². The molecular formula is C11H10N4O. The Kier molecular flexibility index (Phi) is 2.77. The van der Waals surface area contributed by atoms with Crippen LogP contribution in [0.2, 0.25) is 0 Å². The van der Waals surface area contributed by atoms with Crippen LogP contribution in [0.3, 0.4) is 0 Å². The summed E-state index contributed by atoms with van der Waals surface area (Å²) in [6.07, 6.45) is 2.66. The molecular weight excluding hydrogens is 204 g/mol. The van der Waals surface area contributed by atoms with Gasteiger partial charge in [0.25, 0.3) is 0 Å². The fourth-order valence-electron chi connectivity index (χ4n) is 1.28. The van der Waals surface area contributed by atoms with Crippen LogP contribution in [0, 0.1) is 0 Å². The second-order valence-electron chi connectivity index (χ2n) is 3.11. The molecule has 0 aliphatic heterocycles. The number of rotatable bonds is 3. The van der Waals surface area contributed by atoms with E-state index in [1.165, 1.54) is 12.4 Å². The van der Waals surface area contributed by atoms with Crippen LogP contribution in [-0.2, 0) is 4.79 Å². The summed E-state index contributed by atoms with van der Waals surface area (Å²) in [4.78, 5) is 15.1. The first kappa shape index (κ1) is 10.1. The Labute approximate surface area is 92.2 Å². The number of nitrogens with one attached hydrogen (secondary N) is 2. The van der Waals surface area contributed by atoms with Gasteiger partial charge in [-0.1, -0.05) is 18.7 Å². The lowest BCUT2D eigenvalue weighted by Crippen LogP contribution is -2.07. The number of amides is 1. The van der Waals surface area contributed by atoms with Crippen molar-refractivity contribution in [2.45, 2.75) is 0 Å². The molecule has 0 saturated carbocycles. The minimum Gasteiger partial charge on any atom is -0.323 e. The van der Waals surface area contributed by atoms with Crippen molar-refractivity contribution in [1.82, 2.24) is 15.2 Å². The summed E-state index contributed by atoms with van der Waals surface area (Å²) in [5, 5.41) is 9.19. The highest BCUT2D eigenvalue weighted by Crippen LogP contribution is 2.18. The molecule has 0 saturated heterocycles. The van der Waals surface area contributed by atoms with Crippen LogP contribution in [0.4, 0.5) is 5.69 Å². The lowest BCUT2D eigenvalue weighted by atomic mass is 10.2. The summed E-state index contributed by atoms with van der Waals surface area (Å²) in [5.41, 5.74) is 1.55. The number of carbonyl (C=O) groups excluding carboxylic acids is 1. The van der Waals surface area contributed by atoms with Crippen molar-refractivity contribution in [2.24, 2.45) is 0 Å². The summed E-state index contributed by atoms with van der Waals surface area (Å²) in [6, 6.07) is 7.31. The van der Waals surface area contributed by atoms with Gasteiger partial charge in [0, 0.05) is 11.3 Å². The quantitative estimate of drug-likeness (QED) is 0.762. The second-order valence-corrected chi connectivity index (χ2v) is 3.11. The van der Waals surface area contributed by atoms with Crippen LogP contribution in [0.25, 0.3) is 11.4 Å². The maximum absolute atomic E-state index is 11.1. The zero-order valence-corrected chi connectivity index (χ0v) is 8.47. The standard InChI is InChI=1S/C11H10N4O/c1-2-10(16)14-9-5-3-4-8(6-9)11-12-7-13-15-11/h2-7H,1H2,(H,14,16)(H,12,13,15). The number of anilines is 1.